The van der Waals surface area contributed by atoms with Gasteiger partial charge in [0.05, 0.1) is 26.3 Å². The number of phenols is 1. The second-order valence-electron chi connectivity index (χ2n) is 5.27. The van der Waals surface area contributed by atoms with Gasteiger partial charge >= 0.3 is 0 Å². The summed E-state index contributed by atoms with van der Waals surface area (Å²) in [4.78, 5) is 0. The van der Waals surface area contributed by atoms with Crippen LogP contribution >= 0.6 is 15.9 Å². The Balaban J connectivity index is 2.02. The zero-order chi connectivity index (χ0) is 17.5. The molecule has 3 N–H and O–H groups in total. The molecule has 126 valence electrons. The largest absolute Gasteiger partial charge is 0.507 e. The van der Waals surface area contributed by atoms with Crippen molar-refractivity contribution in [3.63, 3.8) is 0 Å². The first-order valence-corrected chi connectivity index (χ1v) is 8.30. The van der Waals surface area contributed by atoms with Crippen molar-refractivity contribution in [3.05, 3.63) is 52.0 Å². The van der Waals surface area contributed by atoms with Crippen LogP contribution in [0.15, 0.2) is 40.9 Å². The fourth-order valence-corrected chi connectivity index (χ4v) is 2.86. The summed E-state index contributed by atoms with van der Waals surface area (Å²) in [5.41, 5.74) is 1.71. The molecular formula is C18H20BrN2O3+. The minimum Gasteiger partial charge on any atom is -0.507 e. The van der Waals surface area contributed by atoms with E-state index in [2.05, 4.69) is 22.0 Å². The quantitative estimate of drug-likeness (QED) is 0.759. The number of rotatable bonds is 7. The van der Waals surface area contributed by atoms with E-state index in [1.807, 2.05) is 23.5 Å². The minimum absolute atomic E-state index is 0.132. The van der Waals surface area contributed by atoms with Crippen LogP contribution in [0.3, 0.4) is 0 Å². The third-order valence-electron chi connectivity index (χ3n) is 3.75. The van der Waals surface area contributed by atoms with Crippen molar-refractivity contribution in [2.45, 2.75) is 12.5 Å². The van der Waals surface area contributed by atoms with Crippen LogP contribution in [0.4, 0.5) is 0 Å². The maximum Gasteiger partial charge on any atom is 0.202 e. The number of phenolic OH excluding ortho intramolecular Hbond substituents is 1. The third-order valence-corrected chi connectivity index (χ3v) is 4.24. The molecule has 5 nitrogen and oxygen atoms in total. The van der Waals surface area contributed by atoms with E-state index in [1.165, 1.54) is 0 Å². The van der Waals surface area contributed by atoms with Crippen molar-refractivity contribution >= 4 is 15.9 Å². The van der Waals surface area contributed by atoms with E-state index in [-0.39, 0.29) is 5.75 Å². The number of methoxy groups -OCH3 is 2. The SMILES string of the molecule is COc1ccc(CC[NH2+][C@@H](C#N)c2cc(Br)ccc2O)cc1OC. The zero-order valence-electron chi connectivity index (χ0n) is 13.6. The van der Waals surface area contributed by atoms with E-state index >= 15 is 0 Å². The predicted octanol–water partition coefficient (Wildman–Crippen LogP) is 2.54. The molecule has 0 saturated carbocycles. The van der Waals surface area contributed by atoms with Crippen LogP contribution in [0.25, 0.3) is 0 Å². The lowest BCUT2D eigenvalue weighted by Crippen LogP contribution is -2.85. The Morgan fingerprint density at radius 2 is 1.92 bits per heavy atom. The normalized spacial score (nSPS) is 11.6. The summed E-state index contributed by atoms with van der Waals surface area (Å²) in [6, 6.07) is 12.7. The van der Waals surface area contributed by atoms with Gasteiger partial charge in [0.25, 0.3) is 0 Å². The summed E-state index contributed by atoms with van der Waals surface area (Å²) < 4.78 is 11.4. The van der Waals surface area contributed by atoms with Gasteiger partial charge in [-0.3, -0.25) is 0 Å². The Kier molecular flexibility index (Phi) is 6.47. The Morgan fingerprint density at radius 3 is 2.58 bits per heavy atom. The smallest absolute Gasteiger partial charge is 0.202 e. The number of nitriles is 1. The second kappa shape index (κ2) is 8.57. The number of halogens is 1. The molecule has 6 heteroatoms. The fourth-order valence-electron chi connectivity index (χ4n) is 2.48. The number of quaternary nitrogens is 1. The molecule has 2 aromatic rings. The van der Waals surface area contributed by atoms with Crippen LogP contribution in [-0.4, -0.2) is 25.9 Å². The van der Waals surface area contributed by atoms with E-state index in [4.69, 9.17) is 9.47 Å². The Labute approximate surface area is 150 Å². The van der Waals surface area contributed by atoms with Gasteiger partial charge in [-0.05, 0) is 35.9 Å². The maximum atomic E-state index is 9.96. The molecule has 1 atom stereocenters. The molecule has 0 bridgehead atoms. The number of hydrogen-bond acceptors (Lipinski definition) is 4. The molecule has 0 aliphatic rings. The average Bonchev–Trinajstić information content (AvgIpc) is 2.61. The highest BCUT2D eigenvalue weighted by Crippen LogP contribution is 2.28. The van der Waals surface area contributed by atoms with E-state index in [0.717, 1.165) is 16.5 Å². The third kappa shape index (κ3) is 4.40. The Hall–Kier alpha value is -2.23. The number of aromatic hydroxyl groups is 1. The lowest BCUT2D eigenvalue weighted by molar-refractivity contribution is -0.683. The summed E-state index contributed by atoms with van der Waals surface area (Å²) in [5, 5.41) is 21.3. The van der Waals surface area contributed by atoms with Crippen molar-refractivity contribution in [3.8, 4) is 23.3 Å². The number of hydrogen-bond donors (Lipinski definition) is 2. The monoisotopic (exact) mass is 391 g/mol. The summed E-state index contributed by atoms with van der Waals surface area (Å²) in [6.07, 6.45) is 0.771. The standard InChI is InChI=1S/C18H19BrN2O3/c1-23-17-6-3-12(9-18(17)24-2)7-8-21-15(11-20)14-10-13(19)4-5-16(14)22/h3-6,9-10,15,21-22H,7-8H2,1-2H3/p+1/t15-/m0/s1. The first-order chi connectivity index (χ1) is 11.6. The first kappa shape index (κ1) is 18.1. The molecule has 0 fully saturated rings. The van der Waals surface area contributed by atoms with Gasteiger partial charge in [0, 0.05) is 10.9 Å². The molecule has 2 rings (SSSR count). The van der Waals surface area contributed by atoms with Gasteiger partial charge in [0.1, 0.15) is 11.8 Å². The predicted molar refractivity (Wildman–Crippen MR) is 94.2 cm³/mol. The van der Waals surface area contributed by atoms with Gasteiger partial charge in [-0.15, -0.1) is 0 Å². The second-order valence-corrected chi connectivity index (χ2v) is 6.19. The molecule has 24 heavy (non-hydrogen) atoms. The molecule has 0 unspecified atom stereocenters. The molecule has 0 spiro atoms. The molecule has 0 saturated heterocycles. The van der Waals surface area contributed by atoms with Gasteiger partial charge in [0.15, 0.2) is 11.5 Å². The highest BCUT2D eigenvalue weighted by atomic mass is 79.9. The van der Waals surface area contributed by atoms with Crippen LogP contribution in [0.5, 0.6) is 17.2 Å². The molecule has 0 amide bonds. The lowest BCUT2D eigenvalue weighted by atomic mass is 10.1. The summed E-state index contributed by atoms with van der Waals surface area (Å²) >= 11 is 3.37. The van der Waals surface area contributed by atoms with E-state index in [0.29, 0.717) is 23.6 Å². The molecule has 0 heterocycles. The first-order valence-electron chi connectivity index (χ1n) is 7.51. The zero-order valence-corrected chi connectivity index (χ0v) is 15.2. The molecule has 0 aliphatic heterocycles. The number of ether oxygens (including phenoxy) is 2. The van der Waals surface area contributed by atoms with Crippen LogP contribution in [0.2, 0.25) is 0 Å². The van der Waals surface area contributed by atoms with Crippen LogP contribution in [0.1, 0.15) is 17.2 Å². The van der Waals surface area contributed by atoms with Gasteiger partial charge < -0.3 is 19.9 Å². The maximum absolute atomic E-state index is 9.96. The van der Waals surface area contributed by atoms with Crippen molar-refractivity contribution in [1.29, 1.82) is 5.26 Å². The van der Waals surface area contributed by atoms with E-state index < -0.39 is 6.04 Å². The lowest BCUT2D eigenvalue weighted by Gasteiger charge is -2.12. The van der Waals surface area contributed by atoms with Crippen molar-refractivity contribution < 1.29 is 19.9 Å². The Bertz CT molecular complexity index is 744. The van der Waals surface area contributed by atoms with Gasteiger partial charge in [-0.25, -0.2) is 0 Å². The molecule has 0 aromatic heterocycles. The number of nitrogens with two attached hydrogens (primary N) is 1. The Morgan fingerprint density at radius 1 is 1.17 bits per heavy atom. The number of nitrogens with zero attached hydrogens (tertiary/aromatic N) is 1. The van der Waals surface area contributed by atoms with Crippen LogP contribution in [-0.2, 0) is 6.42 Å². The minimum atomic E-state index is -0.456. The molecule has 0 radical (unpaired) electrons. The van der Waals surface area contributed by atoms with Gasteiger partial charge in [0.2, 0.25) is 6.04 Å². The number of benzene rings is 2. The summed E-state index contributed by atoms with van der Waals surface area (Å²) in [7, 11) is 3.21. The molecular weight excluding hydrogens is 372 g/mol. The van der Waals surface area contributed by atoms with E-state index in [1.54, 1.807) is 32.4 Å². The highest BCUT2D eigenvalue weighted by Gasteiger charge is 2.18. The highest BCUT2D eigenvalue weighted by molar-refractivity contribution is 9.10. The molecule has 2 aromatic carbocycles. The molecule has 0 aliphatic carbocycles. The fraction of sp³-hybridized carbons (Fsp3) is 0.278. The summed E-state index contributed by atoms with van der Waals surface area (Å²) in [5.74, 6) is 1.52. The van der Waals surface area contributed by atoms with Crippen LogP contribution in [0, 0.1) is 11.3 Å². The van der Waals surface area contributed by atoms with Gasteiger partial charge in [-0.2, -0.15) is 5.26 Å². The van der Waals surface area contributed by atoms with Crippen molar-refractivity contribution in [2.75, 3.05) is 20.8 Å². The van der Waals surface area contributed by atoms with Gasteiger partial charge in [-0.1, -0.05) is 22.0 Å². The topological polar surface area (TPSA) is 79.1 Å². The van der Waals surface area contributed by atoms with Crippen molar-refractivity contribution in [2.24, 2.45) is 0 Å². The summed E-state index contributed by atoms with van der Waals surface area (Å²) in [6.45, 7) is 0.708. The average molecular weight is 392 g/mol. The van der Waals surface area contributed by atoms with Crippen molar-refractivity contribution in [1.82, 2.24) is 0 Å². The van der Waals surface area contributed by atoms with E-state index in [9.17, 15) is 10.4 Å². The van der Waals surface area contributed by atoms with Crippen LogP contribution < -0.4 is 14.8 Å².